The van der Waals surface area contributed by atoms with Crippen LogP contribution in [0, 0.1) is 5.92 Å². The molecule has 1 atom stereocenters. The molecule has 1 amide bonds. The van der Waals surface area contributed by atoms with Gasteiger partial charge >= 0.3 is 5.97 Å². The summed E-state index contributed by atoms with van der Waals surface area (Å²) in [5.41, 5.74) is 0.607. The lowest BCUT2D eigenvalue weighted by atomic mass is 9.97. The van der Waals surface area contributed by atoms with E-state index in [4.69, 9.17) is 4.74 Å². The third-order valence-corrected chi connectivity index (χ3v) is 3.17. The van der Waals surface area contributed by atoms with E-state index in [0.29, 0.717) is 18.7 Å². The van der Waals surface area contributed by atoms with Gasteiger partial charge in [0.2, 0.25) is 0 Å². The second-order valence-electron chi connectivity index (χ2n) is 4.35. The molecule has 5 heteroatoms. The number of carbonyl (C=O) groups is 2. The van der Waals surface area contributed by atoms with Gasteiger partial charge in [-0.3, -0.25) is 14.6 Å². The fraction of sp³-hybridized carbons (Fsp3) is 0.462. The minimum Gasteiger partial charge on any atom is -0.469 e. The monoisotopic (exact) mass is 248 g/mol. The first-order chi connectivity index (χ1) is 8.72. The Labute approximate surface area is 106 Å². The van der Waals surface area contributed by atoms with Crippen LogP contribution in [0.3, 0.4) is 0 Å². The van der Waals surface area contributed by atoms with E-state index in [0.717, 1.165) is 12.8 Å². The Morgan fingerprint density at radius 3 is 2.78 bits per heavy atom. The van der Waals surface area contributed by atoms with Gasteiger partial charge in [0.15, 0.2) is 0 Å². The van der Waals surface area contributed by atoms with Gasteiger partial charge in [-0.05, 0) is 25.0 Å². The molecule has 1 unspecified atom stereocenters. The zero-order chi connectivity index (χ0) is 13.0. The number of hydrogen-bond donors (Lipinski definition) is 0. The Balaban J connectivity index is 2.05. The first-order valence-electron chi connectivity index (χ1n) is 5.99. The molecule has 0 spiro atoms. The number of esters is 1. The van der Waals surface area contributed by atoms with E-state index in [1.807, 2.05) is 0 Å². The molecule has 18 heavy (non-hydrogen) atoms. The summed E-state index contributed by atoms with van der Waals surface area (Å²) in [6.07, 6.45) is 4.80. The van der Waals surface area contributed by atoms with Crippen molar-refractivity contribution in [2.45, 2.75) is 12.8 Å². The maximum absolute atomic E-state index is 12.2. The molecular weight excluding hydrogens is 232 g/mol. The van der Waals surface area contributed by atoms with Gasteiger partial charge in [0.25, 0.3) is 5.91 Å². The van der Waals surface area contributed by atoms with Crippen molar-refractivity contribution in [3.05, 3.63) is 30.1 Å². The van der Waals surface area contributed by atoms with Crippen LogP contribution >= 0.6 is 0 Å². The van der Waals surface area contributed by atoms with E-state index >= 15 is 0 Å². The van der Waals surface area contributed by atoms with Gasteiger partial charge in [0.1, 0.15) is 0 Å². The van der Waals surface area contributed by atoms with Gasteiger partial charge in [0.05, 0.1) is 13.0 Å². The topological polar surface area (TPSA) is 59.5 Å². The van der Waals surface area contributed by atoms with Crippen molar-refractivity contribution in [2.75, 3.05) is 20.2 Å². The van der Waals surface area contributed by atoms with Crippen LogP contribution in [0.5, 0.6) is 0 Å². The zero-order valence-corrected chi connectivity index (χ0v) is 10.3. The number of methoxy groups -OCH3 is 1. The van der Waals surface area contributed by atoms with Crippen LogP contribution in [0.15, 0.2) is 24.5 Å². The van der Waals surface area contributed by atoms with E-state index in [9.17, 15) is 9.59 Å². The van der Waals surface area contributed by atoms with Crippen molar-refractivity contribution in [1.82, 2.24) is 9.88 Å². The lowest BCUT2D eigenvalue weighted by Crippen LogP contribution is -2.42. The second kappa shape index (κ2) is 5.62. The molecule has 0 radical (unpaired) electrons. The standard InChI is InChI=1S/C13H16N2O3/c1-18-13(17)11-3-2-8-15(9-11)12(16)10-4-6-14-7-5-10/h4-7,11H,2-3,8-9H2,1H3. The number of rotatable bonds is 2. The molecule has 2 heterocycles. The quantitative estimate of drug-likeness (QED) is 0.735. The number of carbonyl (C=O) groups excluding carboxylic acids is 2. The van der Waals surface area contributed by atoms with Crippen LogP contribution in [0.25, 0.3) is 0 Å². The number of ether oxygens (including phenoxy) is 1. The molecule has 1 aliphatic rings. The van der Waals surface area contributed by atoms with Crippen LogP contribution < -0.4 is 0 Å². The first kappa shape index (κ1) is 12.5. The number of likely N-dealkylation sites (tertiary alicyclic amines) is 1. The Kier molecular flexibility index (Phi) is 3.92. The molecule has 96 valence electrons. The molecule has 0 N–H and O–H groups in total. The largest absolute Gasteiger partial charge is 0.469 e. The fourth-order valence-corrected chi connectivity index (χ4v) is 2.20. The number of amides is 1. The van der Waals surface area contributed by atoms with Gasteiger partial charge in [-0.25, -0.2) is 0 Å². The zero-order valence-electron chi connectivity index (χ0n) is 10.3. The number of aromatic nitrogens is 1. The molecule has 1 saturated heterocycles. The lowest BCUT2D eigenvalue weighted by Gasteiger charge is -2.31. The molecule has 1 aromatic rings. The summed E-state index contributed by atoms with van der Waals surface area (Å²) in [6, 6.07) is 3.37. The predicted octanol–water partition coefficient (Wildman–Crippen LogP) is 1.11. The number of pyridine rings is 1. The van der Waals surface area contributed by atoms with E-state index in [1.54, 1.807) is 29.4 Å². The molecule has 1 aromatic heterocycles. The van der Waals surface area contributed by atoms with Crippen LogP contribution in [-0.2, 0) is 9.53 Å². The van der Waals surface area contributed by atoms with E-state index < -0.39 is 0 Å². The molecule has 0 aliphatic carbocycles. The van der Waals surface area contributed by atoms with Crippen molar-refractivity contribution in [3.63, 3.8) is 0 Å². The highest BCUT2D eigenvalue weighted by molar-refractivity contribution is 5.94. The van der Waals surface area contributed by atoms with E-state index in [2.05, 4.69) is 4.98 Å². The van der Waals surface area contributed by atoms with Gasteiger partial charge in [0, 0.05) is 31.0 Å². The summed E-state index contributed by atoms with van der Waals surface area (Å²) < 4.78 is 4.74. The van der Waals surface area contributed by atoms with Gasteiger partial charge in [-0.1, -0.05) is 0 Å². The van der Waals surface area contributed by atoms with Crippen molar-refractivity contribution in [1.29, 1.82) is 0 Å². The average Bonchev–Trinajstić information content (AvgIpc) is 2.46. The smallest absolute Gasteiger partial charge is 0.310 e. The molecule has 0 aromatic carbocycles. The van der Waals surface area contributed by atoms with Crippen LogP contribution in [0.1, 0.15) is 23.2 Å². The molecule has 5 nitrogen and oxygen atoms in total. The molecule has 2 rings (SSSR count). The van der Waals surface area contributed by atoms with Crippen molar-refractivity contribution in [3.8, 4) is 0 Å². The average molecular weight is 248 g/mol. The molecule has 1 aliphatic heterocycles. The minimum atomic E-state index is -0.234. The van der Waals surface area contributed by atoms with Gasteiger partial charge in [-0.15, -0.1) is 0 Å². The van der Waals surface area contributed by atoms with Crippen molar-refractivity contribution in [2.24, 2.45) is 5.92 Å². The van der Waals surface area contributed by atoms with Crippen molar-refractivity contribution < 1.29 is 14.3 Å². The maximum Gasteiger partial charge on any atom is 0.310 e. The van der Waals surface area contributed by atoms with Crippen LogP contribution in [0.4, 0.5) is 0 Å². The lowest BCUT2D eigenvalue weighted by molar-refractivity contribution is -0.146. The predicted molar refractivity (Wildman–Crippen MR) is 64.9 cm³/mol. The molecule has 0 bridgehead atoms. The summed E-state index contributed by atoms with van der Waals surface area (Å²) in [4.78, 5) is 29.3. The Morgan fingerprint density at radius 1 is 1.39 bits per heavy atom. The normalized spacial score (nSPS) is 19.4. The second-order valence-corrected chi connectivity index (χ2v) is 4.35. The van der Waals surface area contributed by atoms with Gasteiger partial charge < -0.3 is 9.64 Å². The highest BCUT2D eigenvalue weighted by Crippen LogP contribution is 2.19. The van der Waals surface area contributed by atoms with E-state index in [1.165, 1.54) is 7.11 Å². The SMILES string of the molecule is COC(=O)C1CCCN(C(=O)c2ccncc2)C1. The number of hydrogen-bond acceptors (Lipinski definition) is 4. The summed E-state index contributed by atoms with van der Waals surface area (Å²) >= 11 is 0. The van der Waals surface area contributed by atoms with E-state index in [-0.39, 0.29) is 17.8 Å². The summed E-state index contributed by atoms with van der Waals surface area (Å²) in [5.74, 6) is -0.484. The molecular formula is C13H16N2O3. The number of nitrogens with zero attached hydrogens (tertiary/aromatic N) is 2. The number of piperidine rings is 1. The Bertz CT molecular complexity index is 433. The first-order valence-corrected chi connectivity index (χ1v) is 5.99. The maximum atomic E-state index is 12.2. The Hall–Kier alpha value is -1.91. The van der Waals surface area contributed by atoms with Gasteiger partial charge in [-0.2, -0.15) is 0 Å². The van der Waals surface area contributed by atoms with Crippen LogP contribution in [0.2, 0.25) is 0 Å². The summed E-state index contributed by atoms with van der Waals surface area (Å²) in [7, 11) is 1.38. The summed E-state index contributed by atoms with van der Waals surface area (Å²) in [5, 5.41) is 0. The minimum absolute atomic E-state index is 0.0500. The van der Waals surface area contributed by atoms with Crippen LogP contribution in [-0.4, -0.2) is 42.0 Å². The summed E-state index contributed by atoms with van der Waals surface area (Å²) in [6.45, 7) is 1.13. The Morgan fingerprint density at radius 2 is 2.11 bits per heavy atom. The molecule has 0 saturated carbocycles. The third kappa shape index (κ3) is 2.67. The fourth-order valence-electron chi connectivity index (χ4n) is 2.20. The highest BCUT2D eigenvalue weighted by Gasteiger charge is 2.29. The third-order valence-electron chi connectivity index (χ3n) is 3.17. The highest BCUT2D eigenvalue weighted by atomic mass is 16.5. The van der Waals surface area contributed by atoms with Crippen molar-refractivity contribution >= 4 is 11.9 Å². The molecule has 1 fully saturated rings.